The number of para-hydroxylation sites is 1. The lowest BCUT2D eigenvalue weighted by Crippen LogP contribution is -2.51. The fraction of sp³-hybridized carbons (Fsp3) is 0.391. The highest BCUT2D eigenvalue weighted by Crippen LogP contribution is 2.23. The van der Waals surface area contributed by atoms with Crippen LogP contribution < -0.4 is 5.56 Å². The molecule has 1 aliphatic rings. The van der Waals surface area contributed by atoms with Crippen LogP contribution in [0.15, 0.2) is 51.7 Å². The van der Waals surface area contributed by atoms with Gasteiger partial charge in [-0.1, -0.05) is 36.9 Å². The molecule has 3 aromatic rings. The first-order chi connectivity index (χ1) is 15.5. The van der Waals surface area contributed by atoms with Gasteiger partial charge in [0.1, 0.15) is 0 Å². The first-order valence-corrected chi connectivity index (χ1v) is 12.6. The lowest BCUT2D eigenvalue weighted by atomic mass is 10.2. The first kappa shape index (κ1) is 22.5. The molecule has 1 aliphatic heterocycles. The third-order valence-electron chi connectivity index (χ3n) is 5.78. The zero-order chi connectivity index (χ0) is 22.7. The number of thiophene rings is 1. The Kier molecular flexibility index (Phi) is 6.95. The highest BCUT2D eigenvalue weighted by Gasteiger charge is 2.26. The molecule has 0 spiro atoms. The molecule has 0 bridgehead atoms. The van der Waals surface area contributed by atoms with Crippen molar-refractivity contribution in [2.24, 2.45) is 0 Å². The topological polar surface area (TPSA) is 75.5 Å². The normalized spacial score (nSPS) is 15.2. The fourth-order valence-corrected chi connectivity index (χ4v) is 5.42. The minimum absolute atomic E-state index is 0.00340. The molecule has 9 heteroatoms. The minimum Gasteiger partial charge on any atom is -0.338 e. The van der Waals surface area contributed by atoms with Gasteiger partial charge < -0.3 is 9.80 Å². The summed E-state index contributed by atoms with van der Waals surface area (Å²) in [6.07, 6.45) is 0.793. The van der Waals surface area contributed by atoms with E-state index in [4.69, 9.17) is 0 Å². The van der Waals surface area contributed by atoms with Crippen LogP contribution in [0.5, 0.6) is 0 Å². The predicted octanol–water partition coefficient (Wildman–Crippen LogP) is 3.51. The van der Waals surface area contributed by atoms with E-state index in [0.717, 1.165) is 11.3 Å². The van der Waals surface area contributed by atoms with E-state index in [2.05, 4.69) is 4.98 Å². The predicted molar refractivity (Wildman–Crippen MR) is 129 cm³/mol. The molecule has 1 fully saturated rings. The van der Waals surface area contributed by atoms with Crippen LogP contribution in [0.4, 0.5) is 0 Å². The Balaban J connectivity index is 1.43. The van der Waals surface area contributed by atoms with E-state index in [1.807, 2.05) is 49.6 Å². The van der Waals surface area contributed by atoms with Gasteiger partial charge in [0.05, 0.1) is 21.5 Å². The van der Waals surface area contributed by atoms with Crippen LogP contribution in [0, 0.1) is 0 Å². The van der Waals surface area contributed by atoms with Gasteiger partial charge in [-0.05, 0) is 36.9 Å². The molecule has 168 valence electrons. The van der Waals surface area contributed by atoms with Crippen LogP contribution in [0.25, 0.3) is 10.9 Å². The molecule has 3 heterocycles. The minimum atomic E-state index is -0.0689. The molecule has 1 saturated heterocycles. The maximum absolute atomic E-state index is 13.1. The Morgan fingerprint density at radius 1 is 1.09 bits per heavy atom. The van der Waals surface area contributed by atoms with Gasteiger partial charge in [0.2, 0.25) is 5.91 Å². The van der Waals surface area contributed by atoms with E-state index in [-0.39, 0.29) is 29.2 Å². The molecular weight excluding hydrogens is 444 g/mol. The standard InChI is InChI=1S/C23H26N4O3S2/c1-3-16(2)27-21(29)17-7-4-5-8-18(17)24-23(27)32-15-20(28)25-10-12-26(13-11-25)22(30)19-9-6-14-31-19/h4-9,14,16H,3,10-13,15H2,1-2H3. The summed E-state index contributed by atoms with van der Waals surface area (Å²) in [4.78, 5) is 47.4. The summed E-state index contributed by atoms with van der Waals surface area (Å²) >= 11 is 2.74. The molecular formula is C23H26N4O3S2. The van der Waals surface area contributed by atoms with Crippen LogP contribution in [0.2, 0.25) is 0 Å². The van der Waals surface area contributed by atoms with Crippen molar-refractivity contribution in [2.75, 3.05) is 31.9 Å². The molecule has 0 aliphatic carbocycles. The Hall–Kier alpha value is -2.65. The summed E-state index contributed by atoms with van der Waals surface area (Å²) < 4.78 is 1.71. The number of aromatic nitrogens is 2. The molecule has 2 amide bonds. The fourth-order valence-electron chi connectivity index (χ4n) is 3.73. The summed E-state index contributed by atoms with van der Waals surface area (Å²) in [5, 5.41) is 3.06. The van der Waals surface area contributed by atoms with E-state index in [9.17, 15) is 14.4 Å². The van der Waals surface area contributed by atoms with Gasteiger partial charge in [-0.15, -0.1) is 11.3 Å². The molecule has 0 N–H and O–H groups in total. The van der Waals surface area contributed by atoms with Crippen molar-refractivity contribution in [3.05, 3.63) is 57.0 Å². The van der Waals surface area contributed by atoms with Crippen molar-refractivity contribution in [1.82, 2.24) is 19.4 Å². The van der Waals surface area contributed by atoms with Gasteiger partial charge in [0, 0.05) is 32.2 Å². The van der Waals surface area contributed by atoms with E-state index in [0.29, 0.717) is 42.2 Å². The Morgan fingerprint density at radius 3 is 2.50 bits per heavy atom. The van der Waals surface area contributed by atoms with Gasteiger partial charge in [-0.3, -0.25) is 19.0 Å². The summed E-state index contributed by atoms with van der Waals surface area (Å²) in [5.74, 6) is 0.232. The smallest absolute Gasteiger partial charge is 0.264 e. The molecule has 0 radical (unpaired) electrons. The summed E-state index contributed by atoms with van der Waals surface area (Å²) in [6.45, 7) is 6.11. The molecule has 1 atom stereocenters. The van der Waals surface area contributed by atoms with Crippen LogP contribution in [0.3, 0.4) is 0 Å². The molecule has 1 aromatic carbocycles. The summed E-state index contributed by atoms with van der Waals surface area (Å²) in [7, 11) is 0. The van der Waals surface area contributed by atoms with Crippen molar-refractivity contribution in [3.8, 4) is 0 Å². The van der Waals surface area contributed by atoms with Crippen molar-refractivity contribution in [2.45, 2.75) is 31.5 Å². The van der Waals surface area contributed by atoms with Gasteiger partial charge in [0.15, 0.2) is 5.16 Å². The second-order valence-corrected chi connectivity index (χ2v) is 9.67. The number of hydrogen-bond donors (Lipinski definition) is 0. The number of benzene rings is 1. The monoisotopic (exact) mass is 470 g/mol. The van der Waals surface area contributed by atoms with Crippen LogP contribution in [0.1, 0.15) is 36.0 Å². The van der Waals surface area contributed by atoms with Crippen molar-refractivity contribution in [1.29, 1.82) is 0 Å². The summed E-state index contributed by atoms with van der Waals surface area (Å²) in [5.41, 5.74) is 0.577. The third-order valence-corrected chi connectivity index (χ3v) is 7.58. The molecule has 7 nitrogen and oxygen atoms in total. The average molecular weight is 471 g/mol. The number of rotatable bonds is 6. The summed E-state index contributed by atoms with van der Waals surface area (Å²) in [6, 6.07) is 11.0. The number of nitrogens with zero attached hydrogens (tertiary/aromatic N) is 4. The lowest BCUT2D eigenvalue weighted by molar-refractivity contribution is -0.129. The zero-order valence-corrected chi connectivity index (χ0v) is 19.8. The maximum atomic E-state index is 13.1. The van der Waals surface area contributed by atoms with Crippen molar-refractivity contribution < 1.29 is 9.59 Å². The largest absolute Gasteiger partial charge is 0.338 e. The number of fused-ring (bicyclic) bond motifs is 1. The van der Waals surface area contributed by atoms with E-state index >= 15 is 0 Å². The number of hydrogen-bond acceptors (Lipinski definition) is 6. The number of thioether (sulfide) groups is 1. The number of amides is 2. The molecule has 1 unspecified atom stereocenters. The van der Waals surface area contributed by atoms with Crippen molar-refractivity contribution in [3.63, 3.8) is 0 Å². The number of piperazine rings is 1. The number of carbonyl (C=O) groups is 2. The Labute approximate surface area is 195 Å². The highest BCUT2D eigenvalue weighted by atomic mass is 32.2. The Bertz CT molecular complexity index is 1170. The third kappa shape index (κ3) is 4.59. The van der Waals surface area contributed by atoms with Crippen LogP contribution in [-0.4, -0.2) is 63.1 Å². The highest BCUT2D eigenvalue weighted by molar-refractivity contribution is 7.99. The SMILES string of the molecule is CCC(C)n1c(SCC(=O)N2CCN(C(=O)c3cccs3)CC2)nc2ccccc2c1=O. The molecule has 2 aromatic heterocycles. The van der Waals surface area contributed by atoms with Crippen molar-refractivity contribution >= 4 is 45.8 Å². The average Bonchev–Trinajstić information content (AvgIpc) is 3.37. The van der Waals surface area contributed by atoms with E-state index in [1.54, 1.807) is 20.4 Å². The number of carbonyl (C=O) groups excluding carboxylic acids is 2. The Morgan fingerprint density at radius 2 is 1.81 bits per heavy atom. The van der Waals surface area contributed by atoms with Gasteiger partial charge in [0.25, 0.3) is 11.5 Å². The molecule has 32 heavy (non-hydrogen) atoms. The van der Waals surface area contributed by atoms with E-state index < -0.39 is 0 Å². The van der Waals surface area contributed by atoms with Crippen LogP contribution in [-0.2, 0) is 4.79 Å². The lowest BCUT2D eigenvalue weighted by Gasteiger charge is -2.34. The first-order valence-electron chi connectivity index (χ1n) is 10.7. The second-order valence-electron chi connectivity index (χ2n) is 7.78. The zero-order valence-electron chi connectivity index (χ0n) is 18.2. The van der Waals surface area contributed by atoms with Gasteiger partial charge in [-0.2, -0.15) is 0 Å². The van der Waals surface area contributed by atoms with Gasteiger partial charge >= 0.3 is 0 Å². The maximum Gasteiger partial charge on any atom is 0.264 e. The van der Waals surface area contributed by atoms with E-state index in [1.165, 1.54) is 23.1 Å². The second kappa shape index (κ2) is 9.87. The molecule has 0 saturated carbocycles. The molecule has 4 rings (SSSR count). The van der Waals surface area contributed by atoms with Crippen LogP contribution >= 0.6 is 23.1 Å². The van der Waals surface area contributed by atoms with Gasteiger partial charge in [-0.25, -0.2) is 4.98 Å². The quantitative estimate of drug-likeness (QED) is 0.407.